The van der Waals surface area contributed by atoms with E-state index in [-0.39, 0.29) is 10.8 Å². The van der Waals surface area contributed by atoms with Gasteiger partial charge in [-0.25, -0.2) is 8.42 Å². The summed E-state index contributed by atoms with van der Waals surface area (Å²) in [5, 5.41) is 3.49. The van der Waals surface area contributed by atoms with E-state index < -0.39 is 10.0 Å². The number of amides is 1. The second kappa shape index (κ2) is 10.6. The molecule has 2 aromatic carbocycles. The number of nitrogens with one attached hydrogen (secondary N) is 1. The molecule has 1 aliphatic heterocycles. The second-order valence-electron chi connectivity index (χ2n) is 7.03. The minimum atomic E-state index is -3.51. The fourth-order valence-electron chi connectivity index (χ4n) is 3.23. The maximum absolute atomic E-state index is 12.8. The first-order valence-corrected chi connectivity index (χ1v) is 12.8. The van der Waals surface area contributed by atoms with Crippen LogP contribution in [0.15, 0.2) is 53.4 Å². The zero-order valence-electron chi connectivity index (χ0n) is 16.9. The van der Waals surface area contributed by atoms with Gasteiger partial charge in [0.15, 0.2) is 0 Å². The molecule has 162 valence electrons. The lowest BCUT2D eigenvalue weighted by molar-refractivity contribution is -0.113. The smallest absolute Gasteiger partial charge is 0.243 e. The number of thioether (sulfide) groups is 1. The molecule has 3 rings (SSSR count). The lowest BCUT2D eigenvalue weighted by Crippen LogP contribution is -2.48. The Bertz CT molecular complexity index is 960. The standard InChI is InChI=1S/C21H26ClN3O3S2/c1-2-24-10-12-25(13-11-24)30(27,28)20-8-6-19(7-9-20)23-21(26)16-29-15-17-4-3-5-18(22)14-17/h3-9,14H,2,10-13,15-16H2,1H3,(H,23,26). The molecule has 1 aliphatic rings. The number of carbonyl (C=O) groups excluding carboxylic acids is 1. The van der Waals surface area contributed by atoms with Crippen molar-refractivity contribution in [1.82, 2.24) is 9.21 Å². The fourth-order valence-corrected chi connectivity index (χ4v) is 5.64. The Kier molecular flexibility index (Phi) is 8.19. The van der Waals surface area contributed by atoms with Crippen molar-refractivity contribution in [3.8, 4) is 0 Å². The van der Waals surface area contributed by atoms with Gasteiger partial charge in [-0.3, -0.25) is 4.79 Å². The number of halogens is 1. The van der Waals surface area contributed by atoms with Crippen LogP contribution in [0.5, 0.6) is 0 Å². The maximum atomic E-state index is 12.8. The minimum absolute atomic E-state index is 0.131. The number of carbonyl (C=O) groups is 1. The van der Waals surface area contributed by atoms with Crippen LogP contribution in [-0.2, 0) is 20.6 Å². The molecular formula is C21H26ClN3O3S2. The number of likely N-dealkylation sites (N-methyl/N-ethyl adjacent to an activating group) is 1. The normalized spacial score (nSPS) is 15.8. The van der Waals surface area contributed by atoms with Crippen molar-refractivity contribution < 1.29 is 13.2 Å². The van der Waals surface area contributed by atoms with Crippen LogP contribution in [0.25, 0.3) is 0 Å². The van der Waals surface area contributed by atoms with Crippen molar-refractivity contribution in [2.24, 2.45) is 0 Å². The van der Waals surface area contributed by atoms with E-state index in [4.69, 9.17) is 11.6 Å². The summed E-state index contributed by atoms with van der Waals surface area (Å²) < 4.78 is 27.2. The Labute approximate surface area is 187 Å². The van der Waals surface area contributed by atoms with Crippen molar-refractivity contribution in [2.75, 3.05) is 43.8 Å². The Hall–Kier alpha value is -1.58. The Morgan fingerprint density at radius 1 is 1.10 bits per heavy atom. The number of piperazine rings is 1. The molecule has 0 aromatic heterocycles. The third-order valence-corrected chi connectivity index (χ3v) is 8.10. The molecule has 0 unspecified atom stereocenters. The van der Waals surface area contributed by atoms with E-state index in [2.05, 4.69) is 17.1 Å². The van der Waals surface area contributed by atoms with Gasteiger partial charge >= 0.3 is 0 Å². The van der Waals surface area contributed by atoms with Crippen LogP contribution in [0.2, 0.25) is 5.02 Å². The highest BCUT2D eigenvalue weighted by Crippen LogP contribution is 2.21. The van der Waals surface area contributed by atoms with Crippen molar-refractivity contribution in [3.05, 3.63) is 59.1 Å². The van der Waals surface area contributed by atoms with Gasteiger partial charge in [-0.05, 0) is 48.5 Å². The summed E-state index contributed by atoms with van der Waals surface area (Å²) in [6.45, 7) is 5.50. The number of hydrogen-bond acceptors (Lipinski definition) is 5. The molecule has 6 nitrogen and oxygen atoms in total. The van der Waals surface area contributed by atoms with E-state index in [9.17, 15) is 13.2 Å². The van der Waals surface area contributed by atoms with Gasteiger partial charge in [0.05, 0.1) is 10.6 Å². The second-order valence-corrected chi connectivity index (χ2v) is 10.4. The quantitative estimate of drug-likeness (QED) is 0.643. The lowest BCUT2D eigenvalue weighted by Gasteiger charge is -2.33. The summed E-state index contributed by atoms with van der Waals surface area (Å²) >= 11 is 7.46. The number of hydrogen-bond donors (Lipinski definition) is 1. The molecule has 0 atom stereocenters. The molecule has 1 saturated heterocycles. The molecular weight excluding hydrogens is 442 g/mol. The van der Waals surface area contributed by atoms with Gasteiger partial charge in [-0.1, -0.05) is 30.7 Å². The van der Waals surface area contributed by atoms with Gasteiger partial charge in [0.2, 0.25) is 15.9 Å². The van der Waals surface area contributed by atoms with E-state index in [1.54, 1.807) is 24.3 Å². The topological polar surface area (TPSA) is 69.7 Å². The summed E-state index contributed by atoms with van der Waals surface area (Å²) in [5.74, 6) is 0.860. The lowest BCUT2D eigenvalue weighted by atomic mass is 10.2. The largest absolute Gasteiger partial charge is 0.325 e. The summed E-state index contributed by atoms with van der Waals surface area (Å²) in [5.41, 5.74) is 1.65. The monoisotopic (exact) mass is 467 g/mol. The van der Waals surface area contributed by atoms with Crippen LogP contribution in [0, 0.1) is 0 Å². The Balaban J connectivity index is 1.50. The van der Waals surface area contributed by atoms with Crippen LogP contribution >= 0.6 is 23.4 Å². The van der Waals surface area contributed by atoms with E-state index in [0.29, 0.717) is 35.3 Å². The average molecular weight is 468 g/mol. The van der Waals surface area contributed by atoms with Gasteiger partial charge in [0.25, 0.3) is 0 Å². The summed E-state index contributed by atoms with van der Waals surface area (Å²) in [6, 6.07) is 13.9. The first kappa shape index (κ1) is 23.1. The zero-order valence-corrected chi connectivity index (χ0v) is 19.3. The summed E-state index contributed by atoms with van der Waals surface area (Å²) in [6.07, 6.45) is 0. The highest BCUT2D eigenvalue weighted by molar-refractivity contribution is 7.99. The number of sulfonamides is 1. The van der Waals surface area contributed by atoms with E-state index >= 15 is 0 Å². The zero-order chi connectivity index (χ0) is 21.6. The summed E-state index contributed by atoms with van der Waals surface area (Å²) in [4.78, 5) is 14.7. The molecule has 2 aromatic rings. The molecule has 1 heterocycles. The number of anilines is 1. The molecule has 0 radical (unpaired) electrons. The van der Waals surface area contributed by atoms with Gasteiger partial charge in [-0.2, -0.15) is 4.31 Å². The van der Waals surface area contributed by atoms with Gasteiger partial charge < -0.3 is 10.2 Å². The van der Waals surface area contributed by atoms with Crippen LogP contribution < -0.4 is 5.32 Å². The van der Waals surface area contributed by atoms with Crippen LogP contribution in [0.4, 0.5) is 5.69 Å². The van der Waals surface area contributed by atoms with E-state index in [1.165, 1.54) is 16.1 Å². The van der Waals surface area contributed by atoms with Crippen molar-refractivity contribution in [1.29, 1.82) is 0 Å². The van der Waals surface area contributed by atoms with E-state index in [0.717, 1.165) is 25.2 Å². The molecule has 1 fully saturated rings. The molecule has 1 N–H and O–H groups in total. The van der Waals surface area contributed by atoms with Gasteiger partial charge in [0, 0.05) is 42.6 Å². The fraction of sp³-hybridized carbons (Fsp3) is 0.381. The first-order chi connectivity index (χ1) is 14.4. The molecule has 0 aliphatic carbocycles. The molecule has 30 heavy (non-hydrogen) atoms. The molecule has 1 amide bonds. The maximum Gasteiger partial charge on any atom is 0.243 e. The van der Waals surface area contributed by atoms with Crippen molar-refractivity contribution in [3.63, 3.8) is 0 Å². The number of rotatable bonds is 8. The minimum Gasteiger partial charge on any atom is -0.325 e. The SMILES string of the molecule is CCN1CCN(S(=O)(=O)c2ccc(NC(=O)CSCc3cccc(Cl)c3)cc2)CC1. The highest BCUT2D eigenvalue weighted by atomic mass is 35.5. The predicted molar refractivity (Wildman–Crippen MR) is 124 cm³/mol. The highest BCUT2D eigenvalue weighted by Gasteiger charge is 2.27. The van der Waals surface area contributed by atoms with Gasteiger partial charge in [0.1, 0.15) is 0 Å². The Morgan fingerprint density at radius 2 is 1.80 bits per heavy atom. The number of nitrogens with zero attached hydrogens (tertiary/aromatic N) is 2. The third kappa shape index (κ3) is 6.21. The average Bonchev–Trinajstić information content (AvgIpc) is 2.74. The van der Waals surface area contributed by atoms with Crippen molar-refractivity contribution >= 4 is 45.0 Å². The van der Waals surface area contributed by atoms with Crippen LogP contribution in [-0.4, -0.2) is 62.0 Å². The number of benzene rings is 2. The predicted octanol–water partition coefficient (Wildman–Crippen LogP) is 3.54. The van der Waals surface area contributed by atoms with Crippen LogP contribution in [0.1, 0.15) is 12.5 Å². The molecule has 0 bridgehead atoms. The summed E-state index contributed by atoms with van der Waals surface area (Å²) in [7, 11) is -3.51. The molecule has 9 heteroatoms. The molecule has 0 saturated carbocycles. The van der Waals surface area contributed by atoms with Crippen LogP contribution in [0.3, 0.4) is 0 Å². The molecule has 0 spiro atoms. The third-order valence-electron chi connectivity index (χ3n) is 4.95. The van der Waals surface area contributed by atoms with Crippen molar-refractivity contribution in [2.45, 2.75) is 17.6 Å². The first-order valence-electron chi connectivity index (χ1n) is 9.83. The van der Waals surface area contributed by atoms with Gasteiger partial charge in [-0.15, -0.1) is 11.8 Å². The Morgan fingerprint density at radius 3 is 2.43 bits per heavy atom. The van der Waals surface area contributed by atoms with E-state index in [1.807, 2.05) is 24.3 Å².